The second-order valence-electron chi connectivity index (χ2n) is 9.15. The van der Waals surface area contributed by atoms with Crippen LogP contribution >= 0.6 is 11.3 Å². The van der Waals surface area contributed by atoms with Gasteiger partial charge in [0.25, 0.3) is 0 Å². The molecule has 1 unspecified atom stereocenters. The number of likely N-dealkylation sites (tertiary alicyclic amines) is 1. The lowest BCUT2D eigenvalue weighted by Crippen LogP contribution is -2.32. The summed E-state index contributed by atoms with van der Waals surface area (Å²) in [5.74, 6) is -0.358. The van der Waals surface area contributed by atoms with Crippen LogP contribution in [0.5, 0.6) is 0 Å². The van der Waals surface area contributed by atoms with Crippen LogP contribution in [0.15, 0.2) is 24.3 Å². The standard InChI is InChI=1S/C25H32N4O4S/c1-4-33-24(32)18-5-7-20(8-6-18)29-14-19(13-22(29)30)23(31)27-25-26-17(3)21(34-25)15-28-11-9-16(2)10-12-28/h5-8,16,19H,4,9-15H2,1-3H3,(H,26,27,31). The molecule has 1 aromatic heterocycles. The van der Waals surface area contributed by atoms with E-state index >= 15 is 0 Å². The monoisotopic (exact) mass is 484 g/mol. The van der Waals surface area contributed by atoms with E-state index < -0.39 is 11.9 Å². The summed E-state index contributed by atoms with van der Waals surface area (Å²) in [5.41, 5.74) is 2.04. The van der Waals surface area contributed by atoms with Crippen molar-refractivity contribution in [3.8, 4) is 0 Å². The number of carbonyl (C=O) groups is 3. The van der Waals surface area contributed by atoms with Crippen LogP contribution in [0.4, 0.5) is 10.8 Å². The summed E-state index contributed by atoms with van der Waals surface area (Å²) in [5, 5.41) is 3.52. The maximum absolute atomic E-state index is 12.9. The number of carbonyl (C=O) groups excluding carboxylic acids is 3. The number of benzene rings is 1. The molecule has 34 heavy (non-hydrogen) atoms. The zero-order valence-corrected chi connectivity index (χ0v) is 20.8. The third-order valence-corrected chi connectivity index (χ3v) is 7.61. The largest absolute Gasteiger partial charge is 0.462 e. The fourth-order valence-electron chi connectivity index (χ4n) is 4.38. The Kier molecular flexibility index (Phi) is 7.63. The highest BCUT2D eigenvalue weighted by Crippen LogP contribution is 2.29. The van der Waals surface area contributed by atoms with Gasteiger partial charge >= 0.3 is 5.97 Å². The number of aryl methyl sites for hydroxylation is 1. The highest BCUT2D eigenvalue weighted by Gasteiger charge is 2.35. The second-order valence-corrected chi connectivity index (χ2v) is 10.2. The predicted octanol–water partition coefficient (Wildman–Crippen LogP) is 3.85. The quantitative estimate of drug-likeness (QED) is 0.600. The Hall–Kier alpha value is -2.78. The fraction of sp³-hybridized carbons (Fsp3) is 0.520. The molecule has 182 valence electrons. The molecule has 1 aromatic carbocycles. The topological polar surface area (TPSA) is 91.8 Å². The smallest absolute Gasteiger partial charge is 0.338 e. The molecule has 2 aromatic rings. The lowest BCUT2D eigenvalue weighted by atomic mass is 9.99. The van der Waals surface area contributed by atoms with E-state index in [0.29, 0.717) is 29.5 Å². The minimum absolute atomic E-state index is 0.112. The van der Waals surface area contributed by atoms with Crippen LogP contribution in [0.2, 0.25) is 0 Å². The molecule has 2 saturated heterocycles. The van der Waals surface area contributed by atoms with Gasteiger partial charge in [0.15, 0.2) is 5.13 Å². The molecular formula is C25H32N4O4S. The summed E-state index contributed by atoms with van der Waals surface area (Å²) < 4.78 is 5.00. The zero-order chi connectivity index (χ0) is 24.2. The van der Waals surface area contributed by atoms with E-state index in [4.69, 9.17) is 4.74 Å². The summed E-state index contributed by atoms with van der Waals surface area (Å²) in [4.78, 5) is 47.1. The number of nitrogens with zero attached hydrogens (tertiary/aromatic N) is 3. The van der Waals surface area contributed by atoms with Crippen molar-refractivity contribution in [3.63, 3.8) is 0 Å². The van der Waals surface area contributed by atoms with Crippen molar-refractivity contribution in [2.45, 2.75) is 46.6 Å². The van der Waals surface area contributed by atoms with Gasteiger partial charge in [-0.05, 0) is 70.0 Å². The summed E-state index contributed by atoms with van der Waals surface area (Å²) in [6, 6.07) is 6.69. The second kappa shape index (κ2) is 10.7. The van der Waals surface area contributed by atoms with E-state index in [1.54, 1.807) is 36.1 Å². The van der Waals surface area contributed by atoms with Gasteiger partial charge in [-0.1, -0.05) is 6.92 Å². The molecule has 2 aliphatic heterocycles. The average Bonchev–Trinajstić information content (AvgIpc) is 3.37. The van der Waals surface area contributed by atoms with Crippen molar-refractivity contribution >= 4 is 39.9 Å². The Morgan fingerprint density at radius 3 is 2.59 bits per heavy atom. The van der Waals surface area contributed by atoms with Gasteiger partial charge in [-0.15, -0.1) is 11.3 Å². The Morgan fingerprint density at radius 2 is 1.91 bits per heavy atom. The Morgan fingerprint density at radius 1 is 1.21 bits per heavy atom. The summed E-state index contributed by atoms with van der Waals surface area (Å²) in [7, 11) is 0. The molecule has 9 heteroatoms. The van der Waals surface area contributed by atoms with Crippen LogP contribution in [0.3, 0.4) is 0 Å². The Bertz CT molecular complexity index is 1040. The third-order valence-electron chi connectivity index (χ3n) is 6.55. The molecule has 0 radical (unpaired) electrons. The fourth-order valence-corrected chi connectivity index (χ4v) is 5.39. The lowest BCUT2D eigenvalue weighted by molar-refractivity contribution is -0.122. The van der Waals surface area contributed by atoms with E-state index in [0.717, 1.165) is 31.2 Å². The van der Waals surface area contributed by atoms with E-state index in [9.17, 15) is 14.4 Å². The number of hydrogen-bond acceptors (Lipinski definition) is 7. The van der Waals surface area contributed by atoms with Gasteiger partial charge in [-0.3, -0.25) is 14.5 Å². The number of amides is 2. The number of piperidine rings is 1. The zero-order valence-electron chi connectivity index (χ0n) is 20.0. The average molecular weight is 485 g/mol. The normalized spacial score (nSPS) is 19.4. The van der Waals surface area contributed by atoms with Crippen LogP contribution in [0.25, 0.3) is 0 Å². The van der Waals surface area contributed by atoms with Crippen molar-refractivity contribution in [2.24, 2.45) is 11.8 Å². The van der Waals surface area contributed by atoms with Crippen molar-refractivity contribution in [2.75, 3.05) is 36.5 Å². The van der Waals surface area contributed by atoms with E-state index in [1.165, 1.54) is 29.1 Å². The first-order valence-electron chi connectivity index (χ1n) is 11.9. The van der Waals surface area contributed by atoms with Crippen LogP contribution in [0.1, 0.15) is 54.0 Å². The molecule has 4 rings (SSSR count). The minimum Gasteiger partial charge on any atom is -0.462 e. The van der Waals surface area contributed by atoms with E-state index in [-0.39, 0.29) is 18.2 Å². The number of thiazole rings is 1. The molecule has 0 saturated carbocycles. The lowest BCUT2D eigenvalue weighted by Gasteiger charge is -2.29. The molecule has 0 spiro atoms. The molecule has 0 bridgehead atoms. The number of esters is 1. The minimum atomic E-state index is -0.450. The number of nitrogens with one attached hydrogen (secondary N) is 1. The maximum atomic E-state index is 12.9. The Balaban J connectivity index is 1.34. The molecule has 1 atom stereocenters. The van der Waals surface area contributed by atoms with E-state index in [1.807, 2.05) is 6.92 Å². The third kappa shape index (κ3) is 5.64. The van der Waals surface area contributed by atoms with Gasteiger partial charge in [0.2, 0.25) is 11.8 Å². The summed E-state index contributed by atoms with van der Waals surface area (Å²) in [6.45, 7) is 9.70. The predicted molar refractivity (Wildman–Crippen MR) is 132 cm³/mol. The van der Waals surface area contributed by atoms with Crippen LogP contribution in [-0.4, -0.2) is 53.9 Å². The molecule has 2 aliphatic rings. The number of rotatable bonds is 7. The first-order chi connectivity index (χ1) is 16.3. The Labute approximate surface area is 204 Å². The first-order valence-corrected chi connectivity index (χ1v) is 12.7. The van der Waals surface area contributed by atoms with Gasteiger partial charge < -0.3 is 15.0 Å². The highest BCUT2D eigenvalue weighted by molar-refractivity contribution is 7.15. The van der Waals surface area contributed by atoms with Crippen molar-refractivity contribution in [1.82, 2.24) is 9.88 Å². The van der Waals surface area contributed by atoms with Crippen molar-refractivity contribution in [3.05, 3.63) is 40.4 Å². The van der Waals surface area contributed by atoms with Crippen LogP contribution in [-0.2, 0) is 20.9 Å². The SMILES string of the molecule is CCOC(=O)c1ccc(N2CC(C(=O)Nc3nc(C)c(CN4CCC(C)CC4)s3)CC2=O)cc1. The summed E-state index contributed by atoms with van der Waals surface area (Å²) in [6.07, 6.45) is 2.59. The van der Waals surface area contributed by atoms with Gasteiger partial charge in [0.1, 0.15) is 0 Å². The molecule has 1 N–H and O–H groups in total. The van der Waals surface area contributed by atoms with Gasteiger partial charge in [-0.25, -0.2) is 9.78 Å². The highest BCUT2D eigenvalue weighted by atomic mass is 32.1. The number of ether oxygens (including phenoxy) is 1. The molecule has 3 heterocycles. The van der Waals surface area contributed by atoms with Gasteiger partial charge in [0, 0.05) is 30.1 Å². The van der Waals surface area contributed by atoms with Crippen molar-refractivity contribution in [1.29, 1.82) is 0 Å². The molecule has 2 fully saturated rings. The van der Waals surface area contributed by atoms with Crippen LogP contribution < -0.4 is 10.2 Å². The molecule has 2 amide bonds. The van der Waals surface area contributed by atoms with Gasteiger partial charge in [-0.2, -0.15) is 0 Å². The van der Waals surface area contributed by atoms with Gasteiger partial charge in [0.05, 0.1) is 23.8 Å². The summed E-state index contributed by atoms with van der Waals surface area (Å²) >= 11 is 1.52. The number of aromatic nitrogens is 1. The maximum Gasteiger partial charge on any atom is 0.338 e. The molecule has 0 aliphatic carbocycles. The molecular weight excluding hydrogens is 452 g/mol. The van der Waals surface area contributed by atoms with Crippen molar-refractivity contribution < 1.29 is 19.1 Å². The number of anilines is 2. The molecule has 8 nitrogen and oxygen atoms in total. The van der Waals surface area contributed by atoms with Crippen LogP contribution in [0, 0.1) is 18.8 Å². The first kappa shape index (κ1) is 24.3. The number of hydrogen-bond donors (Lipinski definition) is 1. The van der Waals surface area contributed by atoms with E-state index in [2.05, 4.69) is 22.1 Å².